The number of ether oxygens (including phenoxy) is 1. The Bertz CT molecular complexity index is 1440. The molecule has 36 heavy (non-hydrogen) atoms. The molecule has 1 heterocycles. The Balaban J connectivity index is 1.43. The monoisotopic (exact) mass is 525 g/mol. The van der Waals surface area contributed by atoms with Crippen molar-refractivity contribution < 1.29 is 22.4 Å². The summed E-state index contributed by atoms with van der Waals surface area (Å²) in [6.07, 6.45) is 1.78. The number of rotatable bonds is 11. The molecule has 0 aliphatic carbocycles. The van der Waals surface area contributed by atoms with Gasteiger partial charge < -0.3 is 14.5 Å². The van der Waals surface area contributed by atoms with E-state index in [1.807, 2.05) is 30.3 Å². The molecule has 0 aliphatic heterocycles. The van der Waals surface area contributed by atoms with Crippen molar-refractivity contribution in [3.63, 3.8) is 0 Å². The number of anilines is 1. The third kappa shape index (κ3) is 6.19. The van der Waals surface area contributed by atoms with Gasteiger partial charge in [0.1, 0.15) is 11.3 Å². The van der Waals surface area contributed by atoms with Gasteiger partial charge in [-0.1, -0.05) is 67.6 Å². The molecule has 0 radical (unpaired) electrons. The van der Waals surface area contributed by atoms with Crippen LogP contribution in [0.15, 0.2) is 87.3 Å². The summed E-state index contributed by atoms with van der Waals surface area (Å²) in [5, 5.41) is 3.36. The average Bonchev–Trinajstić information content (AvgIpc) is 3.30. The Labute approximate surface area is 214 Å². The van der Waals surface area contributed by atoms with E-state index in [9.17, 15) is 13.2 Å². The number of para-hydroxylation sites is 2. The molecule has 4 aromatic rings. The van der Waals surface area contributed by atoms with Crippen LogP contribution in [0.2, 0.25) is 0 Å². The van der Waals surface area contributed by atoms with E-state index in [1.165, 1.54) is 19.2 Å². The number of methoxy groups -OCH3 is 1. The van der Waals surface area contributed by atoms with Crippen LogP contribution in [0.5, 0.6) is 5.75 Å². The number of carbonyl (C=O) groups is 1. The van der Waals surface area contributed by atoms with Crippen molar-refractivity contribution in [3.8, 4) is 5.75 Å². The number of sulfonamides is 1. The number of benzene rings is 3. The van der Waals surface area contributed by atoms with E-state index in [2.05, 4.69) is 21.9 Å². The van der Waals surface area contributed by atoms with Crippen LogP contribution in [0.4, 0.5) is 5.69 Å². The van der Waals surface area contributed by atoms with Crippen LogP contribution in [-0.4, -0.2) is 32.2 Å². The summed E-state index contributed by atoms with van der Waals surface area (Å²) in [5.74, 6) is 0.406. The summed E-state index contributed by atoms with van der Waals surface area (Å²) < 4.78 is 39.3. The standard InChI is InChI=1S/C26H27N3O5S2/c1-3-9-20(18-10-5-4-6-11-18)27-25(30)17-35-26-28-22-16-19(14-15-24(22)34-26)36(31,32)29-21-12-7-8-13-23(21)33-2/h4-8,10-16,20,29H,3,9,17H2,1-2H3,(H,27,30). The van der Waals surface area contributed by atoms with E-state index in [0.29, 0.717) is 27.8 Å². The minimum absolute atomic E-state index is 0.0359. The predicted octanol–water partition coefficient (Wildman–Crippen LogP) is 5.39. The molecule has 0 spiro atoms. The van der Waals surface area contributed by atoms with Crippen LogP contribution in [0.25, 0.3) is 11.1 Å². The number of hydrogen-bond donors (Lipinski definition) is 2. The number of thioether (sulfide) groups is 1. The largest absolute Gasteiger partial charge is 0.495 e. The fourth-order valence-electron chi connectivity index (χ4n) is 3.71. The summed E-state index contributed by atoms with van der Waals surface area (Å²) in [6, 6.07) is 21.0. The van der Waals surface area contributed by atoms with E-state index in [4.69, 9.17) is 9.15 Å². The van der Waals surface area contributed by atoms with Crippen molar-refractivity contribution in [2.45, 2.75) is 35.9 Å². The molecule has 8 nitrogen and oxygen atoms in total. The maximum Gasteiger partial charge on any atom is 0.262 e. The van der Waals surface area contributed by atoms with Gasteiger partial charge >= 0.3 is 0 Å². The maximum absolute atomic E-state index is 12.9. The van der Waals surface area contributed by atoms with Crippen LogP contribution >= 0.6 is 11.8 Å². The highest BCUT2D eigenvalue weighted by Crippen LogP contribution is 2.29. The van der Waals surface area contributed by atoms with Gasteiger partial charge in [-0.05, 0) is 42.3 Å². The first-order valence-electron chi connectivity index (χ1n) is 11.4. The maximum atomic E-state index is 12.9. The zero-order chi connectivity index (χ0) is 25.5. The quantitative estimate of drug-likeness (QED) is 0.253. The highest BCUT2D eigenvalue weighted by Gasteiger charge is 2.19. The minimum atomic E-state index is -3.88. The second-order valence-electron chi connectivity index (χ2n) is 8.02. The lowest BCUT2D eigenvalue weighted by Gasteiger charge is -2.18. The van der Waals surface area contributed by atoms with Gasteiger partial charge in [0.2, 0.25) is 5.91 Å². The van der Waals surface area contributed by atoms with Crippen molar-refractivity contribution in [1.29, 1.82) is 0 Å². The van der Waals surface area contributed by atoms with Gasteiger partial charge in [-0.15, -0.1) is 0 Å². The van der Waals surface area contributed by atoms with Gasteiger partial charge in [-0.3, -0.25) is 9.52 Å². The fourth-order valence-corrected chi connectivity index (χ4v) is 5.45. The molecule has 0 saturated heterocycles. The summed E-state index contributed by atoms with van der Waals surface area (Å²) >= 11 is 1.16. The van der Waals surface area contributed by atoms with Crippen molar-refractivity contribution in [2.24, 2.45) is 0 Å². The van der Waals surface area contributed by atoms with Crippen molar-refractivity contribution in [1.82, 2.24) is 10.3 Å². The number of nitrogens with one attached hydrogen (secondary N) is 2. The normalized spacial score (nSPS) is 12.3. The Kier molecular flexibility index (Phi) is 8.17. The van der Waals surface area contributed by atoms with Crippen molar-refractivity contribution in [3.05, 3.63) is 78.4 Å². The lowest BCUT2D eigenvalue weighted by atomic mass is 10.0. The first kappa shape index (κ1) is 25.6. The average molecular weight is 526 g/mol. The van der Waals surface area contributed by atoms with Crippen LogP contribution in [-0.2, 0) is 14.8 Å². The number of nitrogens with zero attached hydrogens (tertiary/aromatic N) is 1. The molecule has 4 rings (SSSR count). The number of oxazole rings is 1. The molecule has 0 bridgehead atoms. The highest BCUT2D eigenvalue weighted by atomic mass is 32.2. The predicted molar refractivity (Wildman–Crippen MR) is 141 cm³/mol. The van der Waals surface area contributed by atoms with E-state index in [0.717, 1.165) is 30.2 Å². The molecule has 0 fully saturated rings. The van der Waals surface area contributed by atoms with Crippen LogP contribution in [0, 0.1) is 0 Å². The van der Waals surface area contributed by atoms with E-state index in [1.54, 1.807) is 30.3 Å². The third-order valence-corrected chi connectivity index (χ3v) is 7.63. The molecule has 0 aliphatic rings. The molecular formula is C26H27N3O5S2. The van der Waals surface area contributed by atoms with Crippen LogP contribution in [0.1, 0.15) is 31.4 Å². The van der Waals surface area contributed by atoms with Gasteiger partial charge in [0.25, 0.3) is 15.2 Å². The molecule has 1 amide bonds. The van der Waals surface area contributed by atoms with Gasteiger partial charge in [-0.2, -0.15) is 0 Å². The number of amides is 1. The Morgan fingerprint density at radius 1 is 1.08 bits per heavy atom. The highest BCUT2D eigenvalue weighted by molar-refractivity contribution is 7.99. The second kappa shape index (κ2) is 11.5. The Morgan fingerprint density at radius 3 is 2.58 bits per heavy atom. The lowest BCUT2D eigenvalue weighted by molar-refractivity contribution is -0.119. The van der Waals surface area contributed by atoms with Gasteiger partial charge in [0.15, 0.2) is 5.58 Å². The van der Waals surface area contributed by atoms with Gasteiger partial charge in [0.05, 0.1) is 29.5 Å². The SMILES string of the molecule is CCCC(NC(=O)CSc1nc2cc(S(=O)(=O)Nc3ccccc3OC)ccc2o1)c1ccccc1. The number of carbonyl (C=O) groups excluding carboxylic acids is 1. The molecule has 2 N–H and O–H groups in total. The first-order chi connectivity index (χ1) is 17.4. The topological polar surface area (TPSA) is 111 Å². The van der Waals surface area contributed by atoms with E-state index < -0.39 is 10.0 Å². The number of fused-ring (bicyclic) bond motifs is 1. The van der Waals surface area contributed by atoms with E-state index >= 15 is 0 Å². The lowest BCUT2D eigenvalue weighted by Crippen LogP contribution is -2.29. The smallest absolute Gasteiger partial charge is 0.262 e. The summed E-state index contributed by atoms with van der Waals surface area (Å²) in [5.41, 5.74) is 2.21. The summed E-state index contributed by atoms with van der Waals surface area (Å²) in [7, 11) is -2.41. The Morgan fingerprint density at radius 2 is 1.83 bits per heavy atom. The minimum Gasteiger partial charge on any atom is -0.495 e. The number of hydrogen-bond acceptors (Lipinski definition) is 7. The summed E-state index contributed by atoms with van der Waals surface area (Å²) in [6.45, 7) is 2.08. The van der Waals surface area contributed by atoms with Gasteiger partial charge in [-0.25, -0.2) is 13.4 Å². The first-order valence-corrected chi connectivity index (χ1v) is 13.9. The third-order valence-electron chi connectivity index (χ3n) is 5.44. The van der Waals surface area contributed by atoms with E-state index in [-0.39, 0.29) is 22.6 Å². The molecule has 10 heteroatoms. The molecular weight excluding hydrogens is 498 g/mol. The second-order valence-corrected chi connectivity index (χ2v) is 10.6. The zero-order valence-electron chi connectivity index (χ0n) is 19.9. The number of aromatic nitrogens is 1. The summed E-state index contributed by atoms with van der Waals surface area (Å²) in [4.78, 5) is 17.0. The molecule has 0 saturated carbocycles. The van der Waals surface area contributed by atoms with Crippen LogP contribution < -0.4 is 14.8 Å². The molecule has 188 valence electrons. The molecule has 1 unspecified atom stereocenters. The zero-order valence-corrected chi connectivity index (χ0v) is 21.6. The van der Waals surface area contributed by atoms with Crippen LogP contribution in [0.3, 0.4) is 0 Å². The molecule has 1 atom stereocenters. The fraction of sp³-hybridized carbons (Fsp3) is 0.231. The Hall–Kier alpha value is -3.50. The van der Waals surface area contributed by atoms with Crippen molar-refractivity contribution >= 4 is 44.5 Å². The molecule has 1 aromatic heterocycles. The van der Waals surface area contributed by atoms with Gasteiger partial charge in [0, 0.05) is 0 Å². The van der Waals surface area contributed by atoms with Crippen molar-refractivity contribution in [2.75, 3.05) is 17.6 Å². The molecule has 3 aromatic carbocycles.